The van der Waals surface area contributed by atoms with Crippen molar-refractivity contribution in [1.82, 2.24) is 20.8 Å². The highest BCUT2D eigenvalue weighted by molar-refractivity contribution is 5.84. The molecule has 0 saturated carbocycles. The fourth-order valence-electron chi connectivity index (χ4n) is 3.35. The lowest BCUT2D eigenvalue weighted by Gasteiger charge is -2.12. The summed E-state index contributed by atoms with van der Waals surface area (Å²) in [6.45, 7) is 7.77. The van der Waals surface area contributed by atoms with Gasteiger partial charge in [-0.25, -0.2) is 0 Å². The standard InChI is InChI=1S/C21H29N5O/c1-5-18-17(20(6-2)27-26-18)13-25-21(22-4)23-10-9-15-12-24-19-11-14(3)7-8-16(15)19/h7-8,11-12,24H,5-6,9-10,13H2,1-4H3,(H2,22,23,25). The summed E-state index contributed by atoms with van der Waals surface area (Å²) in [5.74, 6) is 1.74. The molecule has 0 amide bonds. The first kappa shape index (κ1) is 19.0. The molecule has 2 heterocycles. The zero-order valence-corrected chi connectivity index (χ0v) is 16.6. The Morgan fingerprint density at radius 1 is 1.22 bits per heavy atom. The molecule has 0 unspecified atom stereocenters. The number of hydrogen-bond donors (Lipinski definition) is 3. The summed E-state index contributed by atoms with van der Waals surface area (Å²) in [5.41, 5.74) is 5.94. The van der Waals surface area contributed by atoms with Crippen LogP contribution in [0.4, 0.5) is 0 Å². The van der Waals surface area contributed by atoms with E-state index < -0.39 is 0 Å². The molecule has 0 aliphatic rings. The fraction of sp³-hybridized carbons (Fsp3) is 0.429. The number of nitrogens with zero attached hydrogens (tertiary/aromatic N) is 2. The van der Waals surface area contributed by atoms with Crippen molar-refractivity contribution in [3.8, 4) is 0 Å². The zero-order chi connectivity index (χ0) is 19.2. The Balaban J connectivity index is 1.56. The zero-order valence-electron chi connectivity index (χ0n) is 16.6. The number of aliphatic imine (C=N–C) groups is 1. The highest BCUT2D eigenvalue weighted by Crippen LogP contribution is 2.19. The summed E-state index contributed by atoms with van der Waals surface area (Å²) in [6, 6.07) is 6.53. The van der Waals surface area contributed by atoms with Crippen molar-refractivity contribution in [2.24, 2.45) is 4.99 Å². The van der Waals surface area contributed by atoms with Crippen LogP contribution in [0.5, 0.6) is 0 Å². The summed E-state index contributed by atoms with van der Waals surface area (Å²) < 4.78 is 5.43. The van der Waals surface area contributed by atoms with Gasteiger partial charge < -0.3 is 20.1 Å². The maximum atomic E-state index is 5.43. The van der Waals surface area contributed by atoms with Crippen LogP contribution < -0.4 is 10.6 Å². The van der Waals surface area contributed by atoms with Gasteiger partial charge in [0.1, 0.15) is 5.76 Å². The van der Waals surface area contributed by atoms with Crippen molar-refractivity contribution >= 4 is 16.9 Å². The lowest BCUT2D eigenvalue weighted by Crippen LogP contribution is -2.38. The largest absolute Gasteiger partial charge is 0.361 e. The van der Waals surface area contributed by atoms with Gasteiger partial charge in [0.2, 0.25) is 0 Å². The summed E-state index contributed by atoms with van der Waals surface area (Å²) in [6.07, 6.45) is 4.74. The summed E-state index contributed by atoms with van der Waals surface area (Å²) in [7, 11) is 1.79. The van der Waals surface area contributed by atoms with E-state index in [-0.39, 0.29) is 0 Å². The molecule has 0 aliphatic heterocycles. The second-order valence-corrected chi connectivity index (χ2v) is 6.70. The Morgan fingerprint density at radius 2 is 2.07 bits per heavy atom. The quantitative estimate of drug-likeness (QED) is 0.441. The van der Waals surface area contributed by atoms with Gasteiger partial charge >= 0.3 is 0 Å². The molecule has 0 aliphatic carbocycles. The van der Waals surface area contributed by atoms with Crippen LogP contribution in [0.3, 0.4) is 0 Å². The van der Waals surface area contributed by atoms with Crippen molar-refractivity contribution in [3.63, 3.8) is 0 Å². The Morgan fingerprint density at radius 3 is 2.81 bits per heavy atom. The molecule has 0 radical (unpaired) electrons. The van der Waals surface area contributed by atoms with Crippen LogP contribution in [-0.2, 0) is 25.8 Å². The lowest BCUT2D eigenvalue weighted by atomic mass is 10.1. The first-order chi connectivity index (χ1) is 13.2. The number of aryl methyl sites for hydroxylation is 3. The monoisotopic (exact) mass is 367 g/mol. The Kier molecular flexibility index (Phi) is 6.16. The molecule has 3 N–H and O–H groups in total. The van der Waals surface area contributed by atoms with Gasteiger partial charge in [-0.3, -0.25) is 4.99 Å². The average molecular weight is 367 g/mol. The number of nitrogens with one attached hydrogen (secondary N) is 3. The molecule has 2 aromatic heterocycles. The number of aromatic nitrogens is 2. The average Bonchev–Trinajstić information content (AvgIpc) is 3.27. The molecule has 27 heavy (non-hydrogen) atoms. The van der Waals surface area contributed by atoms with Crippen LogP contribution in [0.25, 0.3) is 10.9 Å². The number of fused-ring (bicyclic) bond motifs is 1. The van der Waals surface area contributed by atoms with Gasteiger partial charge in [-0.15, -0.1) is 0 Å². The van der Waals surface area contributed by atoms with Crippen molar-refractivity contribution in [2.75, 3.05) is 13.6 Å². The predicted octanol–water partition coefficient (Wildman–Crippen LogP) is 3.50. The minimum Gasteiger partial charge on any atom is -0.361 e. The van der Waals surface area contributed by atoms with E-state index in [1.807, 2.05) is 0 Å². The molecule has 144 valence electrons. The minimum absolute atomic E-state index is 0.669. The van der Waals surface area contributed by atoms with Crippen molar-refractivity contribution < 1.29 is 4.52 Å². The normalized spacial score (nSPS) is 11.9. The van der Waals surface area contributed by atoms with E-state index in [0.29, 0.717) is 6.54 Å². The van der Waals surface area contributed by atoms with Crippen LogP contribution in [-0.4, -0.2) is 29.7 Å². The molecule has 0 atom stereocenters. The lowest BCUT2D eigenvalue weighted by molar-refractivity contribution is 0.380. The number of guanidine groups is 1. The van der Waals surface area contributed by atoms with E-state index in [9.17, 15) is 0 Å². The number of aromatic amines is 1. The van der Waals surface area contributed by atoms with Gasteiger partial charge in [0.25, 0.3) is 0 Å². The van der Waals surface area contributed by atoms with Crippen LogP contribution in [0.15, 0.2) is 33.9 Å². The van der Waals surface area contributed by atoms with Crippen molar-refractivity contribution in [2.45, 2.75) is 46.6 Å². The van der Waals surface area contributed by atoms with Crippen LogP contribution >= 0.6 is 0 Å². The van der Waals surface area contributed by atoms with E-state index in [1.54, 1.807) is 7.05 Å². The van der Waals surface area contributed by atoms with Gasteiger partial charge in [0.05, 0.1) is 5.69 Å². The fourth-order valence-corrected chi connectivity index (χ4v) is 3.35. The third kappa shape index (κ3) is 4.32. The Labute approximate surface area is 160 Å². The van der Waals surface area contributed by atoms with E-state index in [2.05, 4.69) is 70.9 Å². The minimum atomic E-state index is 0.669. The van der Waals surface area contributed by atoms with E-state index in [0.717, 1.165) is 48.8 Å². The maximum absolute atomic E-state index is 5.43. The number of hydrogen-bond acceptors (Lipinski definition) is 3. The van der Waals surface area contributed by atoms with E-state index >= 15 is 0 Å². The van der Waals surface area contributed by atoms with E-state index in [1.165, 1.54) is 22.0 Å². The van der Waals surface area contributed by atoms with Crippen molar-refractivity contribution in [3.05, 3.63) is 52.5 Å². The predicted molar refractivity (Wildman–Crippen MR) is 110 cm³/mol. The third-order valence-corrected chi connectivity index (χ3v) is 4.87. The molecule has 0 spiro atoms. The second-order valence-electron chi connectivity index (χ2n) is 6.70. The Bertz CT molecular complexity index is 900. The molecule has 1 aromatic carbocycles. The SMILES string of the molecule is CCc1noc(CC)c1CNC(=NC)NCCc1c[nH]c2cc(C)ccc12. The second kappa shape index (κ2) is 8.75. The molecule has 6 heteroatoms. The summed E-state index contributed by atoms with van der Waals surface area (Å²) >= 11 is 0. The molecular formula is C21H29N5O. The highest BCUT2D eigenvalue weighted by atomic mass is 16.5. The van der Waals surface area contributed by atoms with Gasteiger partial charge in [-0.2, -0.15) is 0 Å². The molecule has 6 nitrogen and oxygen atoms in total. The molecule has 3 rings (SSSR count). The number of benzene rings is 1. The van der Waals surface area contributed by atoms with Crippen LogP contribution in [0.2, 0.25) is 0 Å². The third-order valence-electron chi connectivity index (χ3n) is 4.87. The molecule has 0 saturated heterocycles. The van der Waals surface area contributed by atoms with E-state index in [4.69, 9.17) is 4.52 Å². The summed E-state index contributed by atoms with van der Waals surface area (Å²) in [4.78, 5) is 7.69. The topological polar surface area (TPSA) is 78.2 Å². The first-order valence-corrected chi connectivity index (χ1v) is 9.63. The van der Waals surface area contributed by atoms with Gasteiger partial charge in [0, 0.05) is 49.2 Å². The maximum Gasteiger partial charge on any atom is 0.191 e. The van der Waals surface area contributed by atoms with Gasteiger partial charge in [0.15, 0.2) is 5.96 Å². The van der Waals surface area contributed by atoms with Gasteiger partial charge in [-0.05, 0) is 37.0 Å². The number of rotatable bonds is 7. The molecule has 0 bridgehead atoms. The van der Waals surface area contributed by atoms with Gasteiger partial charge in [-0.1, -0.05) is 31.1 Å². The smallest absolute Gasteiger partial charge is 0.191 e. The number of H-pyrrole nitrogens is 1. The summed E-state index contributed by atoms with van der Waals surface area (Å²) in [5, 5.41) is 12.2. The molecule has 3 aromatic rings. The van der Waals surface area contributed by atoms with Crippen LogP contribution in [0, 0.1) is 6.92 Å². The Hall–Kier alpha value is -2.76. The molecular weight excluding hydrogens is 338 g/mol. The van der Waals surface area contributed by atoms with Crippen LogP contribution in [0.1, 0.15) is 42.0 Å². The highest BCUT2D eigenvalue weighted by Gasteiger charge is 2.13. The first-order valence-electron chi connectivity index (χ1n) is 9.63. The molecule has 0 fully saturated rings. The van der Waals surface area contributed by atoms with Crippen molar-refractivity contribution in [1.29, 1.82) is 0 Å².